The Balaban J connectivity index is 1.64. The zero-order valence-corrected chi connectivity index (χ0v) is 13.3. The molecule has 0 spiro atoms. The van der Waals surface area contributed by atoms with Crippen LogP contribution in [-0.4, -0.2) is 39.7 Å². The van der Waals surface area contributed by atoms with E-state index in [4.69, 9.17) is 16.7 Å². The predicted molar refractivity (Wildman–Crippen MR) is 87.6 cm³/mol. The molecule has 2 heterocycles. The van der Waals surface area contributed by atoms with Crippen molar-refractivity contribution < 1.29 is 14.7 Å². The number of carboxylic acid groups (broad SMARTS) is 1. The predicted octanol–water partition coefficient (Wildman–Crippen LogP) is 2.68. The number of carbonyl (C=O) groups excluding carboxylic acids is 1. The quantitative estimate of drug-likeness (QED) is 0.844. The maximum Gasteiger partial charge on any atom is 0.317 e. The molecule has 0 bridgehead atoms. The SMILES string of the molecule is O=C(O)CCCNC(=O)N1CCn2c(cc3cc(Cl)ccc32)C1. The maximum atomic E-state index is 12.2. The monoisotopic (exact) mass is 335 g/mol. The van der Waals surface area contributed by atoms with Crippen LogP contribution in [-0.2, 0) is 17.9 Å². The summed E-state index contributed by atoms with van der Waals surface area (Å²) in [4.78, 5) is 24.4. The lowest BCUT2D eigenvalue weighted by molar-refractivity contribution is -0.137. The van der Waals surface area contributed by atoms with E-state index in [9.17, 15) is 9.59 Å². The van der Waals surface area contributed by atoms with Crippen LogP contribution >= 0.6 is 11.6 Å². The van der Waals surface area contributed by atoms with Gasteiger partial charge in [0, 0.05) is 47.7 Å². The van der Waals surface area contributed by atoms with Crippen molar-refractivity contribution in [3.8, 4) is 0 Å². The number of aliphatic carboxylic acids is 1. The highest BCUT2D eigenvalue weighted by atomic mass is 35.5. The van der Waals surface area contributed by atoms with Crippen LogP contribution in [0.3, 0.4) is 0 Å². The fourth-order valence-corrected chi connectivity index (χ4v) is 3.09. The molecule has 0 radical (unpaired) electrons. The fourth-order valence-electron chi connectivity index (χ4n) is 2.91. The first-order valence-electron chi connectivity index (χ1n) is 7.57. The summed E-state index contributed by atoms with van der Waals surface area (Å²) in [6.45, 7) is 2.28. The van der Waals surface area contributed by atoms with Crippen LogP contribution in [0.2, 0.25) is 5.02 Å². The van der Waals surface area contributed by atoms with E-state index in [1.54, 1.807) is 4.90 Å². The molecule has 1 aromatic carbocycles. The highest BCUT2D eigenvalue weighted by Crippen LogP contribution is 2.26. The van der Waals surface area contributed by atoms with E-state index >= 15 is 0 Å². The number of nitrogens with one attached hydrogen (secondary N) is 1. The van der Waals surface area contributed by atoms with Crippen LogP contribution in [0.4, 0.5) is 4.79 Å². The number of amides is 2. The van der Waals surface area contributed by atoms with Crippen LogP contribution in [0, 0.1) is 0 Å². The smallest absolute Gasteiger partial charge is 0.317 e. The summed E-state index contributed by atoms with van der Waals surface area (Å²) in [5.74, 6) is -0.847. The minimum Gasteiger partial charge on any atom is -0.481 e. The Hall–Kier alpha value is -2.21. The van der Waals surface area contributed by atoms with Gasteiger partial charge in [-0.3, -0.25) is 4.79 Å². The van der Waals surface area contributed by atoms with Gasteiger partial charge in [-0.25, -0.2) is 4.79 Å². The van der Waals surface area contributed by atoms with Gasteiger partial charge < -0.3 is 19.9 Å². The van der Waals surface area contributed by atoms with E-state index < -0.39 is 5.97 Å². The molecule has 0 aliphatic carbocycles. The summed E-state index contributed by atoms with van der Waals surface area (Å²) >= 11 is 6.03. The Morgan fingerprint density at radius 3 is 2.87 bits per heavy atom. The van der Waals surface area contributed by atoms with Gasteiger partial charge in [0.1, 0.15) is 0 Å². The fraction of sp³-hybridized carbons (Fsp3) is 0.375. The van der Waals surface area contributed by atoms with Crippen molar-refractivity contribution in [3.05, 3.63) is 35.0 Å². The van der Waals surface area contributed by atoms with Crippen LogP contribution in [0.15, 0.2) is 24.3 Å². The normalized spacial score (nSPS) is 13.9. The van der Waals surface area contributed by atoms with Crippen molar-refractivity contribution in [1.29, 1.82) is 0 Å². The Kier molecular flexibility index (Phi) is 4.43. The van der Waals surface area contributed by atoms with Crippen LogP contribution in [0.5, 0.6) is 0 Å². The van der Waals surface area contributed by atoms with Crippen molar-refractivity contribution in [2.24, 2.45) is 0 Å². The number of benzene rings is 1. The largest absolute Gasteiger partial charge is 0.481 e. The summed E-state index contributed by atoms with van der Waals surface area (Å²) in [7, 11) is 0. The first-order chi connectivity index (χ1) is 11.0. The molecular weight excluding hydrogens is 318 g/mol. The van der Waals surface area contributed by atoms with Crippen LogP contribution in [0.25, 0.3) is 10.9 Å². The van der Waals surface area contributed by atoms with Crippen molar-refractivity contribution in [2.75, 3.05) is 13.1 Å². The third-order valence-electron chi connectivity index (χ3n) is 4.03. The van der Waals surface area contributed by atoms with Gasteiger partial charge in [-0.05, 0) is 30.7 Å². The second-order valence-electron chi connectivity index (χ2n) is 5.64. The maximum absolute atomic E-state index is 12.2. The van der Waals surface area contributed by atoms with Crippen molar-refractivity contribution in [1.82, 2.24) is 14.8 Å². The standard InChI is InChI=1S/C16H18ClN3O3/c17-12-3-4-14-11(8-12)9-13-10-19(6-7-20(13)14)16(23)18-5-1-2-15(21)22/h3-4,8-9H,1-2,5-7,10H2,(H,18,23)(H,21,22). The Bertz CT molecular complexity index is 756. The Morgan fingerprint density at radius 1 is 1.26 bits per heavy atom. The van der Waals surface area contributed by atoms with Crippen molar-refractivity contribution >= 4 is 34.5 Å². The highest BCUT2D eigenvalue weighted by Gasteiger charge is 2.22. The van der Waals surface area contributed by atoms with E-state index in [-0.39, 0.29) is 12.5 Å². The van der Waals surface area contributed by atoms with Crippen LogP contribution in [0.1, 0.15) is 18.5 Å². The number of halogens is 1. The molecule has 0 atom stereocenters. The van der Waals surface area contributed by atoms with E-state index in [0.717, 1.165) is 23.1 Å². The average Bonchev–Trinajstić information content (AvgIpc) is 2.87. The van der Waals surface area contributed by atoms with Gasteiger partial charge in [-0.1, -0.05) is 11.6 Å². The van der Waals surface area contributed by atoms with E-state index in [0.29, 0.717) is 31.1 Å². The van der Waals surface area contributed by atoms with Gasteiger partial charge in [0.25, 0.3) is 0 Å². The molecule has 1 aliphatic rings. The number of nitrogens with zero attached hydrogens (tertiary/aromatic N) is 2. The second kappa shape index (κ2) is 6.50. The number of hydrogen-bond acceptors (Lipinski definition) is 2. The van der Waals surface area contributed by atoms with Gasteiger partial charge in [-0.2, -0.15) is 0 Å². The topological polar surface area (TPSA) is 74.6 Å². The molecule has 2 N–H and O–H groups in total. The molecule has 0 unspecified atom stereocenters. The number of urea groups is 1. The molecule has 23 heavy (non-hydrogen) atoms. The molecule has 0 fully saturated rings. The second-order valence-corrected chi connectivity index (χ2v) is 6.08. The lowest BCUT2D eigenvalue weighted by Crippen LogP contribution is -2.44. The van der Waals surface area contributed by atoms with E-state index in [1.807, 2.05) is 18.2 Å². The van der Waals surface area contributed by atoms with E-state index in [1.165, 1.54) is 0 Å². The van der Waals surface area contributed by atoms with E-state index in [2.05, 4.69) is 16.0 Å². The van der Waals surface area contributed by atoms with Gasteiger partial charge in [0.05, 0.1) is 6.54 Å². The molecule has 2 aromatic rings. The highest BCUT2D eigenvalue weighted by molar-refractivity contribution is 6.31. The van der Waals surface area contributed by atoms with Crippen molar-refractivity contribution in [2.45, 2.75) is 25.9 Å². The third-order valence-corrected chi connectivity index (χ3v) is 4.26. The summed E-state index contributed by atoms with van der Waals surface area (Å²) in [6, 6.07) is 7.72. The zero-order valence-electron chi connectivity index (χ0n) is 12.6. The molecule has 1 aliphatic heterocycles. The average molecular weight is 336 g/mol. The first kappa shape index (κ1) is 15.7. The molecule has 122 valence electrons. The number of rotatable bonds is 4. The number of hydrogen-bond donors (Lipinski definition) is 2. The summed E-state index contributed by atoms with van der Waals surface area (Å²) < 4.78 is 2.21. The molecule has 3 rings (SSSR count). The molecular formula is C16H18ClN3O3. The van der Waals surface area contributed by atoms with Gasteiger partial charge in [0.15, 0.2) is 0 Å². The number of aromatic nitrogens is 1. The minimum absolute atomic E-state index is 0.0648. The Labute approximate surface area is 138 Å². The third kappa shape index (κ3) is 3.42. The van der Waals surface area contributed by atoms with Gasteiger partial charge >= 0.3 is 12.0 Å². The summed E-state index contributed by atoms with van der Waals surface area (Å²) in [5.41, 5.74) is 2.21. The zero-order chi connectivity index (χ0) is 16.4. The first-order valence-corrected chi connectivity index (χ1v) is 7.94. The molecule has 2 amide bonds. The summed E-state index contributed by atoms with van der Waals surface area (Å²) in [5, 5.41) is 13.1. The molecule has 0 saturated carbocycles. The van der Waals surface area contributed by atoms with Gasteiger partial charge in [-0.15, -0.1) is 0 Å². The molecule has 7 heteroatoms. The van der Waals surface area contributed by atoms with Gasteiger partial charge in [0.2, 0.25) is 0 Å². The number of carboxylic acids is 1. The lowest BCUT2D eigenvalue weighted by Gasteiger charge is -2.29. The molecule has 6 nitrogen and oxygen atoms in total. The summed E-state index contributed by atoms with van der Waals surface area (Å²) in [6.07, 6.45) is 0.503. The number of fused-ring (bicyclic) bond motifs is 3. The molecule has 1 aromatic heterocycles. The Morgan fingerprint density at radius 2 is 2.09 bits per heavy atom. The number of carbonyl (C=O) groups is 2. The lowest BCUT2D eigenvalue weighted by atomic mass is 10.2. The molecule has 0 saturated heterocycles. The minimum atomic E-state index is -0.847. The van der Waals surface area contributed by atoms with Crippen LogP contribution < -0.4 is 5.32 Å². The van der Waals surface area contributed by atoms with Crippen molar-refractivity contribution in [3.63, 3.8) is 0 Å².